The zero-order valence-corrected chi connectivity index (χ0v) is 41.7. The first-order valence-corrected chi connectivity index (χ1v) is 24.0. The summed E-state index contributed by atoms with van der Waals surface area (Å²) < 4.78 is 10.7. The molecule has 5 rings (SSSR count). The number of piperidine rings is 2. The van der Waals surface area contributed by atoms with Crippen LogP contribution in [0.25, 0.3) is 0 Å². The molecule has 0 radical (unpaired) electrons. The summed E-state index contributed by atoms with van der Waals surface area (Å²) in [6.45, 7) is 45.7. The Balaban J connectivity index is 0.000000368. The number of hydrogen-bond donors (Lipinski definition) is 1. The van der Waals surface area contributed by atoms with E-state index in [2.05, 4.69) is 95.3 Å². The molecule has 1 N–H and O–H groups in total. The second-order valence-corrected chi connectivity index (χ2v) is 23.5. The first-order valence-electron chi connectivity index (χ1n) is 24.0. The van der Waals surface area contributed by atoms with Crippen LogP contribution in [0.3, 0.4) is 0 Å². The van der Waals surface area contributed by atoms with Gasteiger partial charge in [-0.2, -0.15) is 0 Å². The van der Waals surface area contributed by atoms with Gasteiger partial charge in [0.15, 0.2) is 0 Å². The number of ether oxygens (including phenoxy) is 2. The fraction of sp³-hybridized carbons (Fsp3) is 0.961. The predicted octanol–water partition coefficient (Wildman–Crippen LogP) is 14.4. The van der Waals surface area contributed by atoms with Gasteiger partial charge in [0.1, 0.15) is 11.2 Å². The Bertz CT molecular complexity index is 1110. The molecule has 3 aliphatic carbocycles. The van der Waals surface area contributed by atoms with E-state index in [9.17, 15) is 9.59 Å². The quantitative estimate of drug-likeness (QED) is 0.271. The first kappa shape index (κ1) is 53.7. The molecule has 2 saturated heterocycles. The first-order chi connectivity index (χ1) is 26.0. The van der Waals surface area contributed by atoms with Crippen LogP contribution in [0, 0.1) is 63.6 Å². The number of nitrogens with one attached hydrogen (secondary N) is 1. The zero-order valence-electron chi connectivity index (χ0n) is 41.7. The molecule has 6 nitrogen and oxygen atoms in total. The van der Waals surface area contributed by atoms with E-state index in [1.807, 2.05) is 46.4 Å². The topological polar surface area (TPSA) is 67.9 Å². The summed E-state index contributed by atoms with van der Waals surface area (Å²) in [5, 5.41) is 3.39. The molecular weight excluding hydrogens is 705 g/mol. The van der Waals surface area contributed by atoms with Crippen LogP contribution in [0.5, 0.6) is 0 Å². The van der Waals surface area contributed by atoms with Crippen molar-refractivity contribution in [3.05, 3.63) is 0 Å². The highest BCUT2D eigenvalue weighted by Gasteiger charge is 2.39. The van der Waals surface area contributed by atoms with E-state index in [4.69, 9.17) is 9.47 Å². The van der Waals surface area contributed by atoms with Crippen molar-refractivity contribution in [3.63, 3.8) is 0 Å². The maximum atomic E-state index is 11.9. The molecular formula is C51H100N2O4. The van der Waals surface area contributed by atoms with Gasteiger partial charge in [-0.15, -0.1) is 0 Å². The van der Waals surface area contributed by atoms with Gasteiger partial charge in [-0.3, -0.25) is 4.79 Å². The minimum atomic E-state index is -0.393. The fourth-order valence-electron chi connectivity index (χ4n) is 8.33. The molecule has 57 heavy (non-hydrogen) atoms. The van der Waals surface area contributed by atoms with Crippen molar-refractivity contribution in [2.45, 2.75) is 226 Å². The van der Waals surface area contributed by atoms with Crippen LogP contribution < -0.4 is 5.32 Å². The average Bonchev–Trinajstić information content (AvgIpc) is 3.47. The summed E-state index contributed by atoms with van der Waals surface area (Å²) in [5.74, 6) is 6.03. The third-order valence-electron chi connectivity index (χ3n) is 15.2. The summed E-state index contributed by atoms with van der Waals surface area (Å²) in [4.78, 5) is 25.3. The van der Waals surface area contributed by atoms with Gasteiger partial charge in [0.05, 0.1) is 5.92 Å². The van der Waals surface area contributed by atoms with E-state index >= 15 is 0 Å². The molecule has 0 aromatic heterocycles. The van der Waals surface area contributed by atoms with E-state index in [0.717, 1.165) is 68.4 Å². The lowest BCUT2D eigenvalue weighted by Crippen LogP contribution is -2.45. The lowest BCUT2D eigenvalue weighted by molar-refractivity contribution is -0.165. The van der Waals surface area contributed by atoms with Crippen molar-refractivity contribution in [2.24, 2.45) is 63.6 Å². The molecule has 3 saturated carbocycles. The molecule has 0 atom stereocenters. The third kappa shape index (κ3) is 19.8. The average molecular weight is 805 g/mol. The van der Waals surface area contributed by atoms with Gasteiger partial charge >= 0.3 is 12.1 Å². The van der Waals surface area contributed by atoms with Crippen LogP contribution in [0.2, 0.25) is 0 Å². The van der Waals surface area contributed by atoms with Crippen molar-refractivity contribution < 1.29 is 19.1 Å². The van der Waals surface area contributed by atoms with Crippen molar-refractivity contribution in [1.82, 2.24) is 10.2 Å². The predicted molar refractivity (Wildman–Crippen MR) is 246 cm³/mol. The number of amides is 1. The molecule has 5 aliphatic rings. The maximum Gasteiger partial charge on any atom is 0.410 e. The standard InChI is InChI=1S/C14H27NO2.C12H22O2.C9H19N.C9H18.C7H14/c1-11(2)14(6)7-9-15(10-8-14)12(16)17-13(3,4)5;1-8(2)9-6-10(7-9)11(13)14-12(3,4)5;1-8(2)9(3)4-6-10-7-5-9;1-8(2)9(3)6-4-5-7-9;1-6(2)7-4-3-5-7/h11H,7-10H2,1-6H3;8-10H,6-7H2,1-5H3;8,10H,4-7H2,1-3H3;8H,4-7H2,1-3H3;6-7H,3-5H2,1-2H3. The number of likely N-dealkylation sites (tertiary alicyclic amines) is 1. The largest absolute Gasteiger partial charge is 0.460 e. The Kier molecular flexibility index (Phi) is 22.3. The van der Waals surface area contributed by atoms with Gasteiger partial charge < -0.3 is 19.7 Å². The second-order valence-electron chi connectivity index (χ2n) is 23.5. The van der Waals surface area contributed by atoms with Gasteiger partial charge in [-0.1, -0.05) is 122 Å². The number of esters is 1. The summed E-state index contributed by atoms with van der Waals surface area (Å²) in [6.07, 6.45) is 17.1. The SMILES string of the molecule is CC(C)C1(C)CCCC1.CC(C)C1(C)CCN(C(=O)OC(C)(C)C)CC1.CC(C)C1(C)CCNCC1.CC(C)C1CC(C(=O)OC(C)(C)C)C1.CC(C)C1CCC1. The lowest BCUT2D eigenvalue weighted by atomic mass is 9.69. The van der Waals surface area contributed by atoms with E-state index in [1.165, 1.54) is 70.9 Å². The number of carbonyl (C=O) groups is 2. The highest BCUT2D eigenvalue weighted by molar-refractivity contribution is 5.73. The molecule has 0 bridgehead atoms. The molecule has 0 unspecified atom stereocenters. The molecule has 0 aromatic carbocycles. The number of rotatable bonds is 6. The molecule has 338 valence electrons. The number of nitrogens with zero attached hydrogens (tertiary/aromatic N) is 1. The van der Waals surface area contributed by atoms with Crippen LogP contribution in [0.4, 0.5) is 4.79 Å². The highest BCUT2D eigenvalue weighted by atomic mass is 16.6. The Morgan fingerprint density at radius 1 is 0.561 bits per heavy atom. The third-order valence-corrected chi connectivity index (χ3v) is 15.2. The molecule has 0 spiro atoms. The van der Waals surface area contributed by atoms with E-state index in [1.54, 1.807) is 0 Å². The second kappa shape index (κ2) is 23.6. The normalized spacial score (nSPS) is 24.0. The highest BCUT2D eigenvalue weighted by Crippen LogP contribution is 2.44. The molecule has 2 heterocycles. The monoisotopic (exact) mass is 805 g/mol. The molecule has 0 aromatic rings. The Hall–Kier alpha value is -1.30. The maximum absolute atomic E-state index is 11.9. The molecule has 6 heteroatoms. The van der Waals surface area contributed by atoms with Gasteiger partial charge in [0.2, 0.25) is 0 Å². The van der Waals surface area contributed by atoms with Crippen molar-refractivity contribution in [2.75, 3.05) is 26.2 Å². The van der Waals surface area contributed by atoms with Crippen LogP contribution in [0.1, 0.15) is 215 Å². The van der Waals surface area contributed by atoms with Gasteiger partial charge in [0, 0.05) is 13.1 Å². The van der Waals surface area contributed by atoms with E-state index in [0.29, 0.717) is 28.1 Å². The lowest BCUT2D eigenvalue weighted by Gasteiger charge is -2.42. The Morgan fingerprint density at radius 3 is 1.23 bits per heavy atom. The summed E-state index contributed by atoms with van der Waals surface area (Å²) in [6, 6.07) is 0. The van der Waals surface area contributed by atoms with Crippen molar-refractivity contribution in [3.8, 4) is 0 Å². The summed E-state index contributed by atoms with van der Waals surface area (Å²) in [7, 11) is 0. The van der Waals surface area contributed by atoms with E-state index in [-0.39, 0.29) is 23.6 Å². The molecule has 2 aliphatic heterocycles. The molecule has 5 fully saturated rings. The minimum Gasteiger partial charge on any atom is -0.460 e. The van der Waals surface area contributed by atoms with Gasteiger partial charge in [-0.25, -0.2) is 4.79 Å². The van der Waals surface area contributed by atoms with Gasteiger partial charge in [0.25, 0.3) is 0 Å². The number of hydrogen-bond acceptors (Lipinski definition) is 5. The Morgan fingerprint density at radius 2 is 0.947 bits per heavy atom. The smallest absolute Gasteiger partial charge is 0.410 e. The summed E-state index contributed by atoms with van der Waals surface area (Å²) >= 11 is 0. The van der Waals surface area contributed by atoms with Gasteiger partial charge in [-0.05, 0) is 164 Å². The van der Waals surface area contributed by atoms with Crippen LogP contribution in [-0.4, -0.2) is 54.3 Å². The minimum absolute atomic E-state index is 0.00519. The fourth-order valence-corrected chi connectivity index (χ4v) is 8.33. The van der Waals surface area contributed by atoms with Crippen LogP contribution in [-0.2, 0) is 14.3 Å². The van der Waals surface area contributed by atoms with Crippen molar-refractivity contribution in [1.29, 1.82) is 0 Å². The molecule has 1 amide bonds. The van der Waals surface area contributed by atoms with E-state index < -0.39 is 5.60 Å². The van der Waals surface area contributed by atoms with Crippen molar-refractivity contribution >= 4 is 12.1 Å². The van der Waals surface area contributed by atoms with Crippen LogP contribution >= 0.6 is 0 Å². The summed E-state index contributed by atoms with van der Waals surface area (Å²) in [5.41, 5.74) is 0.958. The number of carbonyl (C=O) groups excluding carboxylic acids is 2. The zero-order chi connectivity index (χ0) is 44.0. The van der Waals surface area contributed by atoms with Crippen LogP contribution in [0.15, 0.2) is 0 Å². The Labute approximate surface area is 356 Å².